The Morgan fingerprint density at radius 1 is 2.00 bits per heavy atom. The van der Waals surface area contributed by atoms with E-state index >= 15 is 0 Å². The molecule has 0 aromatic carbocycles. The van der Waals surface area contributed by atoms with Gasteiger partial charge in [-0.2, -0.15) is 0 Å². The summed E-state index contributed by atoms with van der Waals surface area (Å²) >= 11 is 3.73. The molecule has 0 bridgehead atoms. The largest absolute Gasteiger partial charge is 0.468 e. The summed E-state index contributed by atoms with van der Waals surface area (Å²) in [4.78, 5) is 10.1. The van der Waals surface area contributed by atoms with Crippen LogP contribution >= 0.6 is 22.5 Å². The highest BCUT2D eigenvalue weighted by molar-refractivity contribution is 8.68. The second-order valence-corrected chi connectivity index (χ2v) is 2.17. The Morgan fingerprint density at radius 3 is 2.71 bits per heavy atom. The molecule has 7 heavy (non-hydrogen) atoms. The number of methoxy groups -OCH3 is 1. The van der Waals surface area contributed by atoms with Gasteiger partial charge in [-0.25, -0.2) is 0 Å². The summed E-state index contributed by atoms with van der Waals surface area (Å²) in [5.74, 6) is 0.0829. The van der Waals surface area contributed by atoms with Crippen LogP contribution in [-0.4, -0.2) is 18.8 Å². The molecule has 0 atom stereocenters. The predicted octanol–water partition coefficient (Wildman–Crippen LogP) is 0.737. The Kier molecular flexibility index (Phi) is 4.44. The molecule has 4 heteroatoms. The van der Waals surface area contributed by atoms with Gasteiger partial charge >= 0.3 is 5.97 Å². The Labute approximate surface area is 51.4 Å². The fourth-order valence-corrected chi connectivity index (χ4v) is 0.651. The maximum absolute atomic E-state index is 10.1. The molecule has 0 spiro atoms. The van der Waals surface area contributed by atoms with Crippen LogP contribution < -0.4 is 0 Å². The van der Waals surface area contributed by atoms with E-state index in [0.717, 1.165) is 10.8 Å². The van der Waals surface area contributed by atoms with E-state index in [9.17, 15) is 4.79 Å². The predicted molar refractivity (Wildman–Crippen MR) is 33.5 cm³/mol. The zero-order valence-electron chi connectivity index (χ0n) is 3.88. The second-order valence-electron chi connectivity index (χ2n) is 0.850. The molecule has 0 heterocycles. The third-order valence-electron chi connectivity index (χ3n) is 0.410. The van der Waals surface area contributed by atoms with Gasteiger partial charge in [0, 0.05) is 0 Å². The van der Waals surface area contributed by atoms with Gasteiger partial charge < -0.3 is 4.74 Å². The summed E-state index contributed by atoms with van der Waals surface area (Å²) in [6, 6.07) is 0. The number of hydrogen-bond donors (Lipinski definition) is 1. The zero-order valence-corrected chi connectivity index (χ0v) is 5.59. The minimum atomic E-state index is -0.236. The minimum absolute atomic E-state index is 0.236. The van der Waals surface area contributed by atoms with Gasteiger partial charge in [0.15, 0.2) is 0 Å². The molecular formula is C3H6O2S2. The first-order valence-electron chi connectivity index (χ1n) is 1.64. The van der Waals surface area contributed by atoms with Crippen LogP contribution in [0, 0.1) is 0 Å². The zero-order chi connectivity index (χ0) is 5.70. The van der Waals surface area contributed by atoms with E-state index in [-0.39, 0.29) is 5.97 Å². The highest BCUT2D eigenvalue weighted by atomic mass is 33.1. The van der Waals surface area contributed by atoms with Crippen LogP contribution in [0.3, 0.4) is 0 Å². The molecule has 42 valence electrons. The van der Waals surface area contributed by atoms with Crippen molar-refractivity contribution in [3.8, 4) is 0 Å². The molecule has 0 rings (SSSR count). The molecule has 0 aliphatic heterocycles. The van der Waals surface area contributed by atoms with Gasteiger partial charge in [-0.3, -0.25) is 4.79 Å². The number of ether oxygens (including phenoxy) is 1. The quantitative estimate of drug-likeness (QED) is 0.346. The highest BCUT2D eigenvalue weighted by Gasteiger charge is 1.94. The first-order chi connectivity index (χ1) is 3.31. The lowest BCUT2D eigenvalue weighted by Crippen LogP contribution is -2.00. The molecule has 2 nitrogen and oxygen atoms in total. The van der Waals surface area contributed by atoms with Crippen molar-refractivity contribution in [1.29, 1.82) is 0 Å². The third-order valence-corrected chi connectivity index (χ3v) is 1.16. The van der Waals surface area contributed by atoms with Crippen molar-refractivity contribution in [2.75, 3.05) is 12.9 Å². The number of carbonyl (C=O) groups is 1. The van der Waals surface area contributed by atoms with Crippen LogP contribution in [-0.2, 0) is 9.53 Å². The average Bonchev–Trinajstić information content (AvgIpc) is 1.68. The maximum atomic E-state index is 10.1. The lowest BCUT2D eigenvalue weighted by molar-refractivity contribution is -0.137. The van der Waals surface area contributed by atoms with Crippen LogP contribution in [0.4, 0.5) is 0 Å². The van der Waals surface area contributed by atoms with Gasteiger partial charge in [0.25, 0.3) is 0 Å². The molecule has 0 N–H and O–H groups in total. The van der Waals surface area contributed by atoms with Crippen LogP contribution in [0.15, 0.2) is 0 Å². The van der Waals surface area contributed by atoms with E-state index in [1.807, 2.05) is 0 Å². The van der Waals surface area contributed by atoms with Crippen molar-refractivity contribution < 1.29 is 9.53 Å². The Bertz CT molecular complexity index is 64.0. The van der Waals surface area contributed by atoms with E-state index in [4.69, 9.17) is 0 Å². The van der Waals surface area contributed by atoms with Crippen molar-refractivity contribution in [2.45, 2.75) is 0 Å². The first-order valence-corrected chi connectivity index (χ1v) is 3.68. The van der Waals surface area contributed by atoms with Crippen LogP contribution in [0.5, 0.6) is 0 Å². The number of esters is 1. The molecule has 0 saturated heterocycles. The summed E-state index contributed by atoms with van der Waals surface area (Å²) in [5, 5.41) is 0. The molecule has 0 aliphatic carbocycles. The average molecular weight is 138 g/mol. The van der Waals surface area contributed by atoms with E-state index < -0.39 is 0 Å². The number of carbonyl (C=O) groups excluding carboxylic acids is 1. The van der Waals surface area contributed by atoms with Gasteiger partial charge in [0.05, 0.1) is 7.11 Å². The van der Waals surface area contributed by atoms with Crippen LogP contribution in [0.2, 0.25) is 0 Å². The fourth-order valence-electron chi connectivity index (χ4n) is 0.112. The first kappa shape index (κ1) is 7.17. The molecule has 0 aromatic heterocycles. The molecule has 0 radical (unpaired) electrons. The smallest absolute Gasteiger partial charge is 0.316 e. The van der Waals surface area contributed by atoms with Gasteiger partial charge in [0.2, 0.25) is 0 Å². The van der Waals surface area contributed by atoms with Crippen molar-refractivity contribution >= 4 is 28.4 Å². The Hall–Kier alpha value is 0.170. The molecular weight excluding hydrogens is 132 g/mol. The van der Waals surface area contributed by atoms with Crippen LogP contribution in [0.1, 0.15) is 0 Å². The lowest BCUT2D eigenvalue weighted by atomic mass is 10.8. The SMILES string of the molecule is COC(=O)CSS. The molecule has 0 aliphatic rings. The number of rotatable bonds is 2. The second kappa shape index (κ2) is 4.33. The molecule has 0 saturated carbocycles. The minimum Gasteiger partial charge on any atom is -0.468 e. The van der Waals surface area contributed by atoms with Crippen molar-refractivity contribution in [1.82, 2.24) is 0 Å². The van der Waals surface area contributed by atoms with Gasteiger partial charge in [-0.05, 0) is 0 Å². The summed E-state index contributed by atoms with van der Waals surface area (Å²) in [5.41, 5.74) is 0. The summed E-state index contributed by atoms with van der Waals surface area (Å²) < 4.78 is 4.28. The van der Waals surface area contributed by atoms with Crippen LogP contribution in [0.25, 0.3) is 0 Å². The normalized spacial score (nSPS) is 8.29. The molecule has 0 aromatic rings. The lowest BCUT2D eigenvalue weighted by Gasteiger charge is -1.90. The molecule has 0 unspecified atom stereocenters. The Morgan fingerprint density at radius 2 is 2.57 bits per heavy atom. The molecule has 0 amide bonds. The summed E-state index contributed by atoms with van der Waals surface area (Å²) in [7, 11) is 2.51. The van der Waals surface area contributed by atoms with Crippen molar-refractivity contribution in [3.63, 3.8) is 0 Å². The monoisotopic (exact) mass is 138 g/mol. The Balaban J connectivity index is 3.00. The van der Waals surface area contributed by atoms with E-state index in [0.29, 0.717) is 5.75 Å². The van der Waals surface area contributed by atoms with E-state index in [1.54, 1.807) is 0 Å². The standard InChI is InChI=1S/C3H6O2S2/c1-5-3(4)2-7-6/h6H,2H2,1H3. The summed E-state index contributed by atoms with van der Waals surface area (Å²) in [6.45, 7) is 0. The summed E-state index contributed by atoms with van der Waals surface area (Å²) in [6.07, 6.45) is 0. The fraction of sp³-hybridized carbons (Fsp3) is 0.667. The third kappa shape index (κ3) is 4.01. The number of thiol groups is 1. The van der Waals surface area contributed by atoms with Gasteiger partial charge in [0.1, 0.15) is 5.75 Å². The van der Waals surface area contributed by atoms with Crippen molar-refractivity contribution in [3.05, 3.63) is 0 Å². The number of hydrogen-bond acceptors (Lipinski definition) is 4. The van der Waals surface area contributed by atoms with Gasteiger partial charge in [-0.1, -0.05) is 10.8 Å². The van der Waals surface area contributed by atoms with E-state index in [2.05, 4.69) is 16.4 Å². The highest BCUT2D eigenvalue weighted by Crippen LogP contribution is 2.03. The van der Waals surface area contributed by atoms with E-state index in [1.165, 1.54) is 7.11 Å². The molecule has 0 fully saturated rings. The van der Waals surface area contributed by atoms with Crippen molar-refractivity contribution in [2.24, 2.45) is 0 Å². The topological polar surface area (TPSA) is 26.3 Å². The van der Waals surface area contributed by atoms with Gasteiger partial charge in [-0.15, -0.1) is 11.7 Å². The maximum Gasteiger partial charge on any atom is 0.316 e.